The van der Waals surface area contributed by atoms with Crippen LogP contribution in [0, 0.1) is 5.92 Å². The zero-order chi connectivity index (χ0) is 20.6. The normalized spacial score (nSPS) is 15.5. The summed E-state index contributed by atoms with van der Waals surface area (Å²) in [5, 5.41) is 2.76. The van der Waals surface area contributed by atoms with Gasteiger partial charge in [0.25, 0.3) is 0 Å². The van der Waals surface area contributed by atoms with Crippen molar-refractivity contribution in [2.45, 2.75) is 37.5 Å². The van der Waals surface area contributed by atoms with Gasteiger partial charge in [0.15, 0.2) is 9.84 Å². The van der Waals surface area contributed by atoms with E-state index in [4.69, 9.17) is 4.74 Å². The molecule has 158 valence electrons. The lowest BCUT2D eigenvalue weighted by molar-refractivity contribution is -0.124. The smallest absolute Gasteiger partial charge is 0.240 e. The highest BCUT2D eigenvalue weighted by molar-refractivity contribution is 7.91. The lowest BCUT2D eigenvalue weighted by Gasteiger charge is -2.11. The predicted octanol–water partition coefficient (Wildman–Crippen LogP) is 1.08. The van der Waals surface area contributed by atoms with Crippen molar-refractivity contribution < 1.29 is 26.4 Å². The minimum atomic E-state index is -3.69. The summed E-state index contributed by atoms with van der Waals surface area (Å²) in [6, 6.07) is 5.75. The minimum Gasteiger partial charge on any atom is -0.493 e. The molecule has 0 atom stereocenters. The Bertz CT molecular complexity index is 845. The molecule has 1 aliphatic carbocycles. The number of hydrogen-bond acceptors (Lipinski definition) is 6. The van der Waals surface area contributed by atoms with Crippen LogP contribution in [0.5, 0.6) is 5.75 Å². The van der Waals surface area contributed by atoms with E-state index in [-0.39, 0.29) is 47.9 Å². The molecule has 0 spiro atoms. The number of carbonyl (C=O) groups is 1. The van der Waals surface area contributed by atoms with Gasteiger partial charge in [-0.3, -0.25) is 4.79 Å². The van der Waals surface area contributed by atoms with E-state index < -0.39 is 19.9 Å². The van der Waals surface area contributed by atoms with E-state index in [1.54, 1.807) is 6.92 Å². The molecule has 1 aromatic carbocycles. The molecule has 0 unspecified atom stereocenters. The summed E-state index contributed by atoms with van der Waals surface area (Å²) in [6.45, 7) is 1.93. The number of amides is 1. The fraction of sp³-hybridized carbons (Fsp3) is 0.611. The highest BCUT2D eigenvalue weighted by atomic mass is 32.2. The largest absolute Gasteiger partial charge is 0.493 e. The van der Waals surface area contributed by atoms with Crippen LogP contribution in [-0.2, 0) is 24.7 Å². The molecule has 10 heteroatoms. The first-order chi connectivity index (χ1) is 13.2. The highest BCUT2D eigenvalue weighted by Crippen LogP contribution is 2.24. The van der Waals surface area contributed by atoms with Gasteiger partial charge in [0.2, 0.25) is 15.9 Å². The molecule has 1 aliphatic rings. The summed E-state index contributed by atoms with van der Waals surface area (Å²) >= 11 is 0. The van der Waals surface area contributed by atoms with E-state index in [2.05, 4.69) is 10.0 Å². The van der Waals surface area contributed by atoms with Crippen LogP contribution in [0.3, 0.4) is 0 Å². The zero-order valence-electron chi connectivity index (χ0n) is 16.0. The Labute approximate surface area is 167 Å². The lowest BCUT2D eigenvalue weighted by Crippen LogP contribution is -2.37. The fourth-order valence-corrected chi connectivity index (χ4v) is 4.59. The molecule has 8 nitrogen and oxygen atoms in total. The molecule has 1 amide bonds. The van der Waals surface area contributed by atoms with Crippen LogP contribution in [-0.4, -0.2) is 53.9 Å². The van der Waals surface area contributed by atoms with E-state index in [0.717, 1.165) is 25.7 Å². The molecular weight excluding hydrogens is 404 g/mol. The number of rotatable bonds is 11. The highest BCUT2D eigenvalue weighted by Gasteiger charge is 2.22. The van der Waals surface area contributed by atoms with Crippen molar-refractivity contribution in [3.63, 3.8) is 0 Å². The van der Waals surface area contributed by atoms with E-state index in [9.17, 15) is 21.6 Å². The molecule has 1 saturated carbocycles. The van der Waals surface area contributed by atoms with E-state index in [0.29, 0.717) is 5.75 Å². The van der Waals surface area contributed by atoms with Gasteiger partial charge in [-0.15, -0.1) is 0 Å². The SMILES string of the molecule is CCS(=O)(=O)CCOc1ccc(S(=O)(=O)NCCNC(=O)C2CCCC2)cc1. The number of carbonyl (C=O) groups excluding carboxylic acids is 1. The van der Waals surface area contributed by atoms with Gasteiger partial charge in [0.1, 0.15) is 12.4 Å². The number of hydrogen-bond donors (Lipinski definition) is 2. The van der Waals surface area contributed by atoms with E-state index in [1.807, 2.05) is 0 Å². The maximum atomic E-state index is 12.3. The third-order valence-corrected chi connectivity index (χ3v) is 7.82. The standard InChI is InChI=1S/C18H28N2O6S2/c1-2-27(22,23)14-13-26-16-7-9-17(10-8-16)28(24,25)20-12-11-19-18(21)15-5-3-4-6-15/h7-10,15,20H,2-6,11-14H2,1H3,(H,19,21). The van der Waals surface area contributed by atoms with Crippen LogP contribution >= 0.6 is 0 Å². The summed E-state index contributed by atoms with van der Waals surface area (Å²) in [7, 11) is -6.80. The fourth-order valence-electron chi connectivity index (χ4n) is 2.93. The van der Waals surface area contributed by atoms with Crippen LogP contribution < -0.4 is 14.8 Å². The first-order valence-electron chi connectivity index (χ1n) is 9.44. The average molecular weight is 433 g/mol. The first-order valence-corrected chi connectivity index (χ1v) is 12.7. The Hall–Kier alpha value is -1.65. The van der Waals surface area contributed by atoms with Gasteiger partial charge < -0.3 is 10.1 Å². The van der Waals surface area contributed by atoms with E-state index in [1.165, 1.54) is 24.3 Å². The van der Waals surface area contributed by atoms with Crippen molar-refractivity contribution in [2.24, 2.45) is 5.92 Å². The van der Waals surface area contributed by atoms with Crippen LogP contribution in [0.15, 0.2) is 29.2 Å². The summed E-state index contributed by atoms with van der Waals surface area (Å²) in [5.41, 5.74) is 0. The van der Waals surface area contributed by atoms with Crippen LogP contribution in [0.2, 0.25) is 0 Å². The van der Waals surface area contributed by atoms with Crippen molar-refractivity contribution in [3.8, 4) is 5.75 Å². The average Bonchev–Trinajstić information content (AvgIpc) is 3.20. The molecule has 28 heavy (non-hydrogen) atoms. The molecule has 2 N–H and O–H groups in total. The molecule has 1 aromatic rings. The van der Waals surface area contributed by atoms with Crippen LogP contribution in [0.1, 0.15) is 32.6 Å². The summed E-state index contributed by atoms with van der Waals surface area (Å²) < 4.78 is 55.2. The maximum absolute atomic E-state index is 12.3. The Morgan fingerprint density at radius 3 is 2.32 bits per heavy atom. The molecular formula is C18H28N2O6S2. The monoisotopic (exact) mass is 432 g/mol. The lowest BCUT2D eigenvalue weighted by atomic mass is 10.1. The van der Waals surface area contributed by atoms with Crippen molar-refractivity contribution >= 4 is 25.8 Å². The van der Waals surface area contributed by atoms with Gasteiger partial charge in [-0.1, -0.05) is 19.8 Å². The Balaban J connectivity index is 1.77. The van der Waals surface area contributed by atoms with Crippen molar-refractivity contribution in [1.29, 1.82) is 0 Å². The predicted molar refractivity (Wildman–Crippen MR) is 106 cm³/mol. The molecule has 1 fully saturated rings. The van der Waals surface area contributed by atoms with Gasteiger partial charge in [-0.05, 0) is 37.1 Å². The number of sulfone groups is 1. The number of sulfonamides is 1. The minimum absolute atomic E-state index is 0.0108. The maximum Gasteiger partial charge on any atom is 0.240 e. The van der Waals surface area contributed by atoms with Crippen molar-refractivity contribution in [3.05, 3.63) is 24.3 Å². The molecule has 0 saturated heterocycles. The second-order valence-corrected chi connectivity index (χ2v) is 11.0. The topological polar surface area (TPSA) is 119 Å². The molecule has 2 rings (SSSR count). The van der Waals surface area contributed by atoms with E-state index >= 15 is 0 Å². The molecule has 0 radical (unpaired) electrons. The second-order valence-electron chi connectivity index (χ2n) is 6.73. The van der Waals surface area contributed by atoms with Gasteiger partial charge in [-0.25, -0.2) is 21.6 Å². The Kier molecular flexibility index (Phi) is 8.26. The van der Waals surface area contributed by atoms with Gasteiger partial charge in [0.05, 0.1) is 10.6 Å². The third-order valence-electron chi connectivity index (χ3n) is 4.68. The quantitative estimate of drug-likeness (QED) is 0.505. The van der Waals surface area contributed by atoms with Crippen molar-refractivity contribution in [2.75, 3.05) is 31.2 Å². The zero-order valence-corrected chi connectivity index (χ0v) is 17.6. The number of benzene rings is 1. The molecule has 0 bridgehead atoms. The summed E-state index contributed by atoms with van der Waals surface area (Å²) in [4.78, 5) is 12.0. The second kappa shape index (κ2) is 10.2. The molecule has 0 aromatic heterocycles. The Morgan fingerprint density at radius 1 is 1.07 bits per heavy atom. The van der Waals surface area contributed by atoms with Crippen molar-refractivity contribution in [1.82, 2.24) is 10.0 Å². The summed E-state index contributed by atoms with van der Waals surface area (Å²) in [5.74, 6) is 0.409. The first kappa shape index (κ1) is 22.6. The number of ether oxygens (including phenoxy) is 1. The van der Waals surface area contributed by atoms with Crippen LogP contribution in [0.25, 0.3) is 0 Å². The van der Waals surface area contributed by atoms with Gasteiger partial charge in [-0.2, -0.15) is 0 Å². The molecule has 0 heterocycles. The Morgan fingerprint density at radius 2 is 1.71 bits per heavy atom. The summed E-state index contributed by atoms with van der Waals surface area (Å²) in [6.07, 6.45) is 3.93. The third kappa shape index (κ3) is 7.06. The molecule has 0 aliphatic heterocycles. The number of nitrogens with one attached hydrogen (secondary N) is 2. The van der Waals surface area contributed by atoms with Gasteiger partial charge >= 0.3 is 0 Å². The van der Waals surface area contributed by atoms with Crippen LogP contribution in [0.4, 0.5) is 0 Å². The van der Waals surface area contributed by atoms with Gasteiger partial charge in [0, 0.05) is 24.8 Å².